The van der Waals surface area contributed by atoms with E-state index in [2.05, 4.69) is 15.5 Å². The Hall–Kier alpha value is -3.27. The van der Waals surface area contributed by atoms with Crippen LogP contribution in [0.3, 0.4) is 0 Å². The zero-order chi connectivity index (χ0) is 19.6. The molecule has 2 aromatic heterocycles. The predicted octanol–water partition coefficient (Wildman–Crippen LogP) is 2.39. The lowest BCUT2D eigenvalue weighted by molar-refractivity contribution is -0.142. The summed E-state index contributed by atoms with van der Waals surface area (Å²) in [5.41, 5.74) is 14.3. The van der Waals surface area contributed by atoms with Crippen molar-refractivity contribution in [2.45, 2.75) is 19.1 Å². The molecule has 0 aliphatic heterocycles. The number of nitrogen functional groups attached to an aromatic ring is 3. The van der Waals surface area contributed by atoms with Crippen molar-refractivity contribution >= 4 is 17.3 Å². The summed E-state index contributed by atoms with van der Waals surface area (Å²) in [6.45, 7) is 0.216. The molecule has 0 aliphatic rings. The number of alkyl halides is 3. The van der Waals surface area contributed by atoms with Crippen molar-refractivity contribution in [1.82, 2.24) is 14.8 Å². The van der Waals surface area contributed by atoms with Crippen LogP contribution in [0.2, 0.25) is 0 Å². The lowest BCUT2D eigenvalue weighted by Gasteiger charge is -2.11. The molecular formula is C17H18F3N7. The minimum absolute atomic E-state index is 0.0151. The van der Waals surface area contributed by atoms with E-state index >= 15 is 0 Å². The predicted molar refractivity (Wildman–Crippen MR) is 96.5 cm³/mol. The van der Waals surface area contributed by atoms with Gasteiger partial charge < -0.3 is 16.9 Å². The Labute approximate surface area is 153 Å². The standard InChI is InChI=1S/C17H18F3N7/c18-17(19,20)15-12(6-11-7-13(21)24-16(25-23)14(11)22)9-27(26-15)8-10-4-2-1-3-5-10/h1-5,7,9H,6,8,22-23H2,(H3,21,24,25). The van der Waals surface area contributed by atoms with E-state index in [1.807, 2.05) is 30.3 Å². The third kappa shape index (κ3) is 4.11. The van der Waals surface area contributed by atoms with Crippen LogP contribution in [0, 0.1) is 0 Å². The quantitative estimate of drug-likeness (QED) is 0.400. The van der Waals surface area contributed by atoms with Gasteiger partial charge in [0.25, 0.3) is 0 Å². The maximum Gasteiger partial charge on any atom is 0.435 e. The fourth-order valence-corrected chi connectivity index (χ4v) is 2.77. The molecule has 7 N–H and O–H groups in total. The summed E-state index contributed by atoms with van der Waals surface area (Å²) < 4.78 is 41.6. The Bertz CT molecular complexity index is 936. The van der Waals surface area contributed by atoms with Gasteiger partial charge in [0.05, 0.1) is 12.2 Å². The van der Waals surface area contributed by atoms with E-state index in [0.29, 0.717) is 5.56 Å². The smallest absolute Gasteiger partial charge is 0.395 e. The number of pyridine rings is 1. The Morgan fingerprint density at radius 1 is 1.07 bits per heavy atom. The molecule has 0 bridgehead atoms. The average molecular weight is 377 g/mol. The molecule has 0 unspecified atom stereocenters. The number of anilines is 3. The van der Waals surface area contributed by atoms with Gasteiger partial charge in [-0.05, 0) is 17.2 Å². The number of halogens is 3. The van der Waals surface area contributed by atoms with Gasteiger partial charge in [0.15, 0.2) is 11.5 Å². The Morgan fingerprint density at radius 2 is 1.78 bits per heavy atom. The van der Waals surface area contributed by atoms with Crippen molar-refractivity contribution in [3.05, 3.63) is 65.0 Å². The summed E-state index contributed by atoms with van der Waals surface area (Å²) in [5, 5.41) is 3.73. The summed E-state index contributed by atoms with van der Waals surface area (Å²) in [4.78, 5) is 3.90. The maximum absolute atomic E-state index is 13.5. The number of nitrogens with one attached hydrogen (secondary N) is 1. The molecule has 1 aromatic carbocycles. The second-order valence-corrected chi connectivity index (χ2v) is 5.97. The maximum atomic E-state index is 13.5. The number of rotatable bonds is 5. The number of hydrogen-bond acceptors (Lipinski definition) is 6. The van der Waals surface area contributed by atoms with Crippen molar-refractivity contribution in [2.75, 3.05) is 16.9 Å². The van der Waals surface area contributed by atoms with Crippen LogP contribution in [-0.4, -0.2) is 14.8 Å². The Morgan fingerprint density at radius 3 is 2.41 bits per heavy atom. The van der Waals surface area contributed by atoms with Crippen molar-refractivity contribution in [1.29, 1.82) is 0 Å². The van der Waals surface area contributed by atoms with Crippen LogP contribution < -0.4 is 22.7 Å². The van der Waals surface area contributed by atoms with E-state index in [1.54, 1.807) is 0 Å². The summed E-state index contributed by atoms with van der Waals surface area (Å²) >= 11 is 0. The van der Waals surface area contributed by atoms with E-state index in [0.717, 1.165) is 5.56 Å². The highest BCUT2D eigenvalue weighted by atomic mass is 19.4. The van der Waals surface area contributed by atoms with Crippen LogP contribution in [0.4, 0.5) is 30.5 Å². The summed E-state index contributed by atoms with van der Waals surface area (Å²) in [5.74, 6) is 5.53. The largest absolute Gasteiger partial charge is 0.435 e. The van der Waals surface area contributed by atoms with Gasteiger partial charge in [-0.15, -0.1) is 0 Å². The first-order valence-corrected chi connectivity index (χ1v) is 7.97. The molecule has 0 radical (unpaired) electrons. The first-order chi connectivity index (χ1) is 12.8. The second-order valence-electron chi connectivity index (χ2n) is 5.97. The monoisotopic (exact) mass is 377 g/mol. The summed E-state index contributed by atoms with van der Waals surface area (Å²) in [6.07, 6.45) is -3.35. The molecule has 142 valence electrons. The summed E-state index contributed by atoms with van der Waals surface area (Å²) in [7, 11) is 0. The lowest BCUT2D eigenvalue weighted by atomic mass is 10.0. The van der Waals surface area contributed by atoms with Crippen LogP contribution >= 0.6 is 0 Å². The Balaban J connectivity index is 1.98. The van der Waals surface area contributed by atoms with Crippen molar-refractivity contribution < 1.29 is 13.2 Å². The number of aromatic nitrogens is 3. The topological polar surface area (TPSA) is 121 Å². The molecule has 0 aliphatic carbocycles. The molecule has 10 heteroatoms. The van der Waals surface area contributed by atoms with Crippen LogP contribution in [0.15, 0.2) is 42.6 Å². The first-order valence-electron chi connectivity index (χ1n) is 7.97. The second kappa shape index (κ2) is 7.16. The first kappa shape index (κ1) is 18.5. The lowest BCUT2D eigenvalue weighted by Crippen LogP contribution is -2.14. The molecule has 7 nitrogen and oxygen atoms in total. The van der Waals surface area contributed by atoms with Gasteiger partial charge in [-0.1, -0.05) is 30.3 Å². The van der Waals surface area contributed by atoms with Crippen LogP contribution in [0.5, 0.6) is 0 Å². The fourth-order valence-electron chi connectivity index (χ4n) is 2.77. The van der Waals surface area contributed by atoms with Crippen molar-refractivity contribution in [2.24, 2.45) is 5.84 Å². The molecule has 0 spiro atoms. The van der Waals surface area contributed by atoms with Crippen molar-refractivity contribution in [3.8, 4) is 0 Å². The molecule has 0 amide bonds. The van der Waals surface area contributed by atoms with E-state index < -0.39 is 11.9 Å². The van der Waals surface area contributed by atoms with E-state index in [1.165, 1.54) is 16.9 Å². The van der Waals surface area contributed by atoms with Crippen molar-refractivity contribution in [3.63, 3.8) is 0 Å². The zero-order valence-electron chi connectivity index (χ0n) is 14.2. The molecule has 2 heterocycles. The third-order valence-electron chi connectivity index (χ3n) is 3.98. The molecule has 0 fully saturated rings. The number of nitrogens with zero attached hydrogens (tertiary/aromatic N) is 3. The van der Waals surface area contributed by atoms with E-state index in [-0.39, 0.29) is 35.9 Å². The van der Waals surface area contributed by atoms with Gasteiger partial charge in [-0.3, -0.25) is 4.68 Å². The van der Waals surface area contributed by atoms with Crippen LogP contribution in [0.25, 0.3) is 0 Å². The molecule has 3 rings (SSSR count). The molecule has 0 saturated heterocycles. The average Bonchev–Trinajstić information content (AvgIpc) is 3.01. The number of hydrogen-bond donors (Lipinski definition) is 4. The van der Waals surface area contributed by atoms with Gasteiger partial charge >= 0.3 is 6.18 Å². The molecule has 0 saturated carbocycles. The third-order valence-corrected chi connectivity index (χ3v) is 3.98. The van der Waals surface area contributed by atoms with E-state index in [4.69, 9.17) is 17.3 Å². The molecule has 27 heavy (non-hydrogen) atoms. The zero-order valence-corrected chi connectivity index (χ0v) is 14.2. The van der Waals surface area contributed by atoms with Gasteiger partial charge in [0.2, 0.25) is 0 Å². The molecular weight excluding hydrogens is 359 g/mol. The molecule has 0 atom stereocenters. The SMILES string of the molecule is NNc1nc(N)cc(Cc2cn(Cc3ccccc3)nc2C(F)(F)F)c1N. The number of hydrazine groups is 1. The minimum Gasteiger partial charge on any atom is -0.395 e. The number of benzene rings is 1. The van der Waals surface area contributed by atoms with Gasteiger partial charge in [0.1, 0.15) is 5.82 Å². The highest BCUT2D eigenvalue weighted by Crippen LogP contribution is 2.33. The van der Waals surface area contributed by atoms with Gasteiger partial charge in [-0.2, -0.15) is 18.3 Å². The highest BCUT2D eigenvalue weighted by Gasteiger charge is 2.37. The highest BCUT2D eigenvalue weighted by molar-refractivity contribution is 5.68. The van der Waals surface area contributed by atoms with Gasteiger partial charge in [0, 0.05) is 18.2 Å². The van der Waals surface area contributed by atoms with Crippen LogP contribution in [0.1, 0.15) is 22.4 Å². The fraction of sp³-hybridized carbons (Fsp3) is 0.176. The van der Waals surface area contributed by atoms with E-state index in [9.17, 15) is 13.2 Å². The minimum atomic E-state index is -4.60. The number of nitrogens with two attached hydrogens (primary N) is 3. The van der Waals surface area contributed by atoms with Crippen LogP contribution in [-0.2, 0) is 19.1 Å². The normalized spacial score (nSPS) is 11.6. The molecule has 3 aromatic rings. The summed E-state index contributed by atoms with van der Waals surface area (Å²) in [6, 6.07) is 10.5. The Kier molecular flexibility index (Phi) is 4.91. The van der Waals surface area contributed by atoms with Gasteiger partial charge in [-0.25, -0.2) is 10.8 Å².